The van der Waals surface area contributed by atoms with Crippen LogP contribution in [0.5, 0.6) is 0 Å². The first-order valence-electron chi connectivity index (χ1n) is 54.2. The molecule has 0 bridgehead atoms. The van der Waals surface area contributed by atoms with E-state index >= 15 is 0 Å². The van der Waals surface area contributed by atoms with Crippen molar-refractivity contribution in [2.75, 3.05) is 30.1 Å². The van der Waals surface area contributed by atoms with Crippen molar-refractivity contribution in [3.05, 3.63) is 261 Å². The molecule has 12 aliphatic rings. The highest BCUT2D eigenvalue weighted by molar-refractivity contribution is 7.92. The van der Waals surface area contributed by atoms with E-state index in [-0.39, 0.29) is 44.7 Å². The minimum Gasteiger partial charge on any atom is -0.393 e. The number of rotatable bonds is 26. The minimum atomic E-state index is -3.39. The first kappa shape index (κ1) is 115. The molecule has 16 rings (SSSR count). The van der Waals surface area contributed by atoms with Crippen LogP contribution in [-0.4, -0.2) is 165 Å². The Morgan fingerprint density at radius 3 is 0.917 bits per heavy atom. The van der Waals surface area contributed by atoms with E-state index in [9.17, 15) is 79.6 Å². The zero-order valence-electron chi connectivity index (χ0n) is 88.5. The second-order valence-electron chi connectivity index (χ2n) is 47.3. The van der Waals surface area contributed by atoms with Crippen molar-refractivity contribution >= 4 is 57.2 Å². The molecule has 12 saturated carbocycles. The molecular formula is C122H170ClNO17S4. The molecule has 0 unspecified atom stereocenters. The Bertz CT molecular complexity index is 6060. The molecule has 4 aromatic rings. The van der Waals surface area contributed by atoms with E-state index in [1.54, 1.807) is 118 Å². The Morgan fingerprint density at radius 2 is 0.648 bits per heavy atom. The number of allylic oxidation sites excluding steroid dienone is 12. The number of hydrogen-bond donors (Lipinski definition) is 9. The summed E-state index contributed by atoms with van der Waals surface area (Å²) in [6.07, 6.45) is 43.1. The van der Waals surface area contributed by atoms with E-state index in [2.05, 4.69) is 135 Å². The molecule has 12 aliphatic carbocycles. The number of benzene rings is 4. The maximum absolute atomic E-state index is 13.1. The predicted molar refractivity (Wildman–Crippen MR) is 587 cm³/mol. The summed E-state index contributed by atoms with van der Waals surface area (Å²) in [7, 11) is -11.6. The molecule has 24 atom stereocenters. The van der Waals surface area contributed by atoms with Crippen molar-refractivity contribution in [1.82, 2.24) is 0 Å². The third-order valence-corrected chi connectivity index (χ3v) is 44.8. The van der Waals surface area contributed by atoms with Crippen molar-refractivity contribution < 1.29 is 79.6 Å². The molecule has 12 fully saturated rings. The van der Waals surface area contributed by atoms with Crippen molar-refractivity contribution in [3.63, 3.8) is 0 Å². The number of aliphatic hydroxyl groups excluding tert-OH is 8. The second kappa shape index (κ2) is 48.4. The normalized spacial score (nSPS) is 34.2. The number of aliphatic hydroxyl groups is 9. The molecular weight excluding hydrogens is 1920 g/mol. The van der Waals surface area contributed by atoms with Crippen LogP contribution in [0.3, 0.4) is 0 Å². The number of nitrogens with zero attached hydrogens (tertiary/aromatic N) is 1. The fourth-order valence-corrected chi connectivity index (χ4v) is 34.9. The van der Waals surface area contributed by atoms with Crippen LogP contribution >= 0.6 is 11.6 Å². The zero-order valence-corrected chi connectivity index (χ0v) is 92.5. The van der Waals surface area contributed by atoms with Gasteiger partial charge in [0.15, 0.2) is 39.3 Å². The van der Waals surface area contributed by atoms with Gasteiger partial charge in [-0.2, -0.15) is 0 Å². The van der Waals surface area contributed by atoms with E-state index in [1.165, 1.54) is 41.6 Å². The van der Waals surface area contributed by atoms with Crippen LogP contribution in [0, 0.1) is 99.6 Å². The summed E-state index contributed by atoms with van der Waals surface area (Å²) in [6.45, 7) is 40.0. The van der Waals surface area contributed by atoms with E-state index < -0.39 is 93.8 Å². The van der Waals surface area contributed by atoms with Crippen LogP contribution in [0.15, 0.2) is 263 Å². The van der Waals surface area contributed by atoms with E-state index in [4.69, 9.17) is 11.6 Å². The molecule has 0 radical (unpaired) electrons. The number of aliphatic imine (C=N–C) groups is 1. The Labute approximate surface area is 874 Å². The molecule has 9 N–H and O–H groups in total. The van der Waals surface area contributed by atoms with Gasteiger partial charge in [-0.1, -0.05) is 213 Å². The predicted octanol–water partition coefficient (Wildman–Crippen LogP) is 23.7. The van der Waals surface area contributed by atoms with Crippen molar-refractivity contribution in [3.8, 4) is 0 Å². The number of hydrogen-bond acceptors (Lipinski definition) is 18. The number of aryl methyl sites for hydroxylation is 1. The summed E-state index contributed by atoms with van der Waals surface area (Å²) in [6, 6.07) is 27.5. The van der Waals surface area contributed by atoms with Gasteiger partial charge in [0.1, 0.15) is 0 Å². The van der Waals surface area contributed by atoms with Gasteiger partial charge >= 0.3 is 0 Å². The van der Waals surface area contributed by atoms with E-state index in [0.717, 1.165) is 165 Å². The lowest BCUT2D eigenvalue weighted by atomic mass is 9.61. The first-order valence-corrected chi connectivity index (χ1v) is 61.2. The number of halogens is 1. The van der Waals surface area contributed by atoms with Gasteiger partial charge in [0.2, 0.25) is 0 Å². The summed E-state index contributed by atoms with van der Waals surface area (Å²) >= 11 is 6.19. The molecule has 0 saturated heterocycles. The topological polar surface area (TPSA) is 331 Å². The third-order valence-electron chi connectivity index (χ3n) is 37.4. The average Bonchev–Trinajstić information content (AvgIpc) is 1.62. The van der Waals surface area contributed by atoms with Gasteiger partial charge < -0.3 is 46.0 Å². The van der Waals surface area contributed by atoms with Crippen LogP contribution in [0.1, 0.15) is 291 Å². The molecule has 0 spiro atoms. The van der Waals surface area contributed by atoms with Gasteiger partial charge in [0.05, 0.1) is 97.0 Å². The van der Waals surface area contributed by atoms with Gasteiger partial charge in [-0.05, 0) is 403 Å². The van der Waals surface area contributed by atoms with Crippen LogP contribution in [0.4, 0.5) is 0 Å². The molecule has 0 aromatic heterocycles. The molecule has 4 aromatic carbocycles. The summed E-state index contributed by atoms with van der Waals surface area (Å²) in [5.74, 6) is 5.95. The van der Waals surface area contributed by atoms with E-state index in [1.807, 2.05) is 13.0 Å². The standard InChI is InChI=1S/C32H46O5S.C31H43NO4S.C30H41ClO4S.C29H40O4S/c1-21(16-18-38(36,37)27-12-10-25(11-13-27)31(3,4)35)28-14-15-29-23(7-6-17-32(28,29)5)8-9-24-19-26(33)20-30(34)22(24)2;1-21(15-17-37(35,36)27-11-7-23(8-12-27)20-32-4)28-13-14-29-24(6-5-16-31(28,29)3)9-10-25-18-26(33)19-30(34)22(25)2;1-19(13-15-36(34,35)25-10-7-20(2)28(31)18-25)26-11-12-27-22(6-5-14-30(26,27)4)8-9-23-16-24(32)17-29(33)21(23)3;1-20(15-17-34(32,33)25-9-5-4-6-10-25)26-13-14-27-22(8-7-16-29(26,27)3)11-12-23-18-24(30)19-28(31)21(23)2/h8-13,21,26,28-30,33-35H,2,6-7,14-20H2,1,3-5H3;7-12,20-21,26,28-30,33-34H,2,5-6,13-19H2,1,3-4H3;7-10,18-19,24,26-27,29,32-33H,3,5-6,11-17H2,1-2,4H3;4-6,9-12,20,24,26-28,30-31H,2,7-8,13-19H2,1,3H3/b23-8+,24-9-;24-9+,25-10-,32-20?;22-8+,23-9-;22-11+,23-12-/t21-,26-,28-,29+,30+,32-;21-,26-,28-,29+,30+,31-;19-,24-,26-,27+,29+,30-;20-,24-,26-,27+,28+,29-/m1111/s1. The molecule has 18 nitrogen and oxygen atoms in total. The summed E-state index contributed by atoms with van der Waals surface area (Å²) in [5.41, 5.74) is 14.7. The van der Waals surface area contributed by atoms with Gasteiger partial charge in [0, 0.05) is 44.0 Å². The largest absolute Gasteiger partial charge is 0.393 e. The van der Waals surface area contributed by atoms with Crippen LogP contribution in [0.2, 0.25) is 5.02 Å². The van der Waals surface area contributed by atoms with Gasteiger partial charge in [0.25, 0.3) is 0 Å². The Morgan fingerprint density at radius 1 is 0.386 bits per heavy atom. The lowest BCUT2D eigenvalue weighted by Crippen LogP contribution is -2.36. The number of sulfone groups is 4. The van der Waals surface area contributed by atoms with Gasteiger partial charge in [-0.15, -0.1) is 0 Å². The lowest BCUT2D eigenvalue weighted by Gasteiger charge is -2.44. The maximum Gasteiger partial charge on any atom is 0.178 e. The maximum atomic E-state index is 13.1. The smallest absolute Gasteiger partial charge is 0.178 e. The number of fused-ring (bicyclic) bond motifs is 4. The highest BCUT2D eigenvalue weighted by Crippen LogP contribution is 2.65. The monoisotopic (exact) mass is 2080 g/mol. The van der Waals surface area contributed by atoms with Crippen LogP contribution in [0.25, 0.3) is 0 Å². The lowest BCUT2D eigenvalue weighted by molar-refractivity contribution is 0.0784. The third kappa shape index (κ3) is 27.3. The fraction of sp³-hybridized carbons (Fsp3) is 0.598. The van der Waals surface area contributed by atoms with Crippen LogP contribution < -0.4 is 0 Å². The fourth-order valence-electron chi connectivity index (χ4n) is 28.7. The molecule has 0 heterocycles. The highest BCUT2D eigenvalue weighted by atomic mass is 35.5. The SMILES string of the molecule is C=C1/C(=C\C=C2/CCC[C@]3(C)[C@@H]([C@H](C)CCS(=O)(=O)c4ccc(C(C)(C)O)cc4)CC[C@@H]23)C[C@@H](O)C[C@@H]1O.C=C1/C(=C\C=C2/CCC[C@]3(C)[C@@H]([C@H](C)CCS(=O)(=O)c4ccc(C)c(Cl)c4)CC[C@@H]23)C[C@@H](O)C[C@@H]1O.C=C1/C(=C\C=C2/CCC[C@]3(C)[C@@H]([C@H](C)CCS(=O)(=O)c4ccc(C=NC)cc4)CC[C@@H]23)C[C@@H](O)C[C@@H]1O.C=C1/C(=C\C=C2/CCC[C@]3(C)[C@@H]([C@H](C)CCS(=O)(=O)c4ccccc4)CC[C@@H]23)C[C@@H](O)C[C@@H]1O. The van der Waals surface area contributed by atoms with Crippen molar-refractivity contribution in [1.29, 1.82) is 0 Å². The Balaban J connectivity index is 0.000000162. The summed E-state index contributed by atoms with van der Waals surface area (Å²) in [4.78, 5) is 5.44. The van der Waals surface area contributed by atoms with Crippen molar-refractivity contribution in [2.24, 2.45) is 97.7 Å². The minimum absolute atomic E-state index is 0.134. The van der Waals surface area contributed by atoms with Crippen LogP contribution in [-0.2, 0) is 45.0 Å². The molecule has 796 valence electrons. The first-order chi connectivity index (χ1) is 68.3. The van der Waals surface area contributed by atoms with Crippen molar-refractivity contribution in [2.45, 2.75) is 356 Å². The zero-order chi connectivity index (χ0) is 105. The van der Waals surface area contributed by atoms with Gasteiger partial charge in [-0.25, -0.2) is 33.7 Å². The van der Waals surface area contributed by atoms with E-state index in [0.29, 0.717) is 178 Å². The average molecular weight is 2090 g/mol. The van der Waals surface area contributed by atoms with Gasteiger partial charge in [-0.3, -0.25) is 4.99 Å². The quantitative estimate of drug-likeness (QED) is 0.0264. The molecule has 145 heavy (non-hydrogen) atoms. The highest BCUT2D eigenvalue weighted by Gasteiger charge is 2.55. The second-order valence-corrected chi connectivity index (χ2v) is 56.1. The molecule has 0 aliphatic heterocycles. The summed E-state index contributed by atoms with van der Waals surface area (Å²) in [5, 5.41) is 91.7. The Hall–Kier alpha value is -6.84. The molecule has 0 amide bonds. The molecule has 23 heteroatoms. The Kier molecular flexibility index (Phi) is 38.5. The summed E-state index contributed by atoms with van der Waals surface area (Å²) < 4.78 is 104.